The molecule has 0 aromatic heterocycles. The van der Waals surface area contributed by atoms with E-state index in [0.717, 1.165) is 0 Å². The SMILES string of the molecule is C=C1c2ccccc2CC1C(C)(C)C. The Balaban J connectivity index is 2.40. The third kappa shape index (κ3) is 1.39. The minimum Gasteiger partial charge on any atom is -0.0949 e. The second kappa shape index (κ2) is 2.98. The van der Waals surface area contributed by atoms with Crippen LogP contribution in [0.25, 0.3) is 5.57 Å². The minimum absolute atomic E-state index is 0.329. The van der Waals surface area contributed by atoms with E-state index in [4.69, 9.17) is 0 Å². The van der Waals surface area contributed by atoms with Gasteiger partial charge in [-0.1, -0.05) is 51.6 Å². The molecule has 2 rings (SSSR count). The molecule has 14 heavy (non-hydrogen) atoms. The van der Waals surface area contributed by atoms with Crippen molar-refractivity contribution in [2.75, 3.05) is 0 Å². The summed E-state index contributed by atoms with van der Waals surface area (Å²) in [5, 5.41) is 0. The van der Waals surface area contributed by atoms with Gasteiger partial charge in [0.2, 0.25) is 0 Å². The van der Waals surface area contributed by atoms with Crippen LogP contribution < -0.4 is 0 Å². The highest BCUT2D eigenvalue weighted by atomic mass is 14.4. The summed E-state index contributed by atoms with van der Waals surface area (Å²) in [6.45, 7) is 11.1. The maximum absolute atomic E-state index is 4.24. The van der Waals surface area contributed by atoms with Gasteiger partial charge < -0.3 is 0 Å². The molecule has 1 aromatic carbocycles. The molecule has 74 valence electrons. The average Bonchev–Trinajstić information content (AvgIpc) is 2.44. The standard InChI is InChI=1S/C14H18/c1-10-12-8-6-5-7-11(12)9-13(10)14(2,3)4/h5-8,13H,1,9H2,2-4H3. The summed E-state index contributed by atoms with van der Waals surface area (Å²) in [4.78, 5) is 0. The first kappa shape index (κ1) is 9.51. The molecule has 0 nitrogen and oxygen atoms in total. The van der Waals surface area contributed by atoms with Crippen LogP contribution in [0.4, 0.5) is 0 Å². The van der Waals surface area contributed by atoms with Crippen molar-refractivity contribution in [3.63, 3.8) is 0 Å². The van der Waals surface area contributed by atoms with Gasteiger partial charge in [0.15, 0.2) is 0 Å². The molecule has 1 aliphatic rings. The lowest BCUT2D eigenvalue weighted by Crippen LogP contribution is -2.19. The van der Waals surface area contributed by atoms with Crippen LogP contribution in [0.2, 0.25) is 0 Å². The zero-order chi connectivity index (χ0) is 10.3. The number of allylic oxidation sites excluding steroid dienone is 1. The van der Waals surface area contributed by atoms with Gasteiger partial charge in [-0.25, -0.2) is 0 Å². The fourth-order valence-corrected chi connectivity index (χ4v) is 2.37. The molecule has 1 atom stereocenters. The van der Waals surface area contributed by atoms with Gasteiger partial charge in [-0.05, 0) is 34.5 Å². The third-order valence-electron chi connectivity index (χ3n) is 3.25. The van der Waals surface area contributed by atoms with E-state index in [1.165, 1.54) is 23.1 Å². The Hall–Kier alpha value is -1.04. The van der Waals surface area contributed by atoms with E-state index in [1.807, 2.05) is 0 Å². The summed E-state index contributed by atoms with van der Waals surface area (Å²) >= 11 is 0. The molecule has 1 aliphatic carbocycles. The van der Waals surface area contributed by atoms with Crippen molar-refractivity contribution >= 4 is 5.57 Å². The van der Waals surface area contributed by atoms with Crippen LogP contribution in [-0.4, -0.2) is 0 Å². The molecule has 0 bridgehead atoms. The Kier molecular flexibility index (Phi) is 2.02. The molecule has 0 spiro atoms. The highest BCUT2D eigenvalue weighted by Crippen LogP contribution is 2.44. The maximum atomic E-state index is 4.24. The Morgan fingerprint density at radius 1 is 1.21 bits per heavy atom. The van der Waals surface area contributed by atoms with Crippen LogP contribution in [-0.2, 0) is 6.42 Å². The Labute approximate surface area is 86.7 Å². The maximum Gasteiger partial charge on any atom is -0.00724 e. The van der Waals surface area contributed by atoms with Gasteiger partial charge in [0.25, 0.3) is 0 Å². The molecule has 1 aromatic rings. The van der Waals surface area contributed by atoms with Crippen molar-refractivity contribution in [3.8, 4) is 0 Å². The van der Waals surface area contributed by atoms with Gasteiger partial charge in [-0.3, -0.25) is 0 Å². The van der Waals surface area contributed by atoms with E-state index in [-0.39, 0.29) is 0 Å². The molecule has 0 heterocycles. The molecule has 0 amide bonds. The first-order valence-electron chi connectivity index (χ1n) is 5.27. The highest BCUT2D eigenvalue weighted by Gasteiger charge is 2.33. The zero-order valence-corrected chi connectivity index (χ0v) is 9.30. The van der Waals surface area contributed by atoms with Crippen molar-refractivity contribution in [1.82, 2.24) is 0 Å². The molecule has 0 N–H and O–H groups in total. The average molecular weight is 186 g/mol. The first-order valence-corrected chi connectivity index (χ1v) is 5.27. The van der Waals surface area contributed by atoms with Gasteiger partial charge >= 0.3 is 0 Å². The first-order chi connectivity index (χ1) is 6.50. The second-order valence-electron chi connectivity index (χ2n) is 5.31. The van der Waals surface area contributed by atoms with Crippen LogP contribution in [0.15, 0.2) is 30.8 Å². The summed E-state index contributed by atoms with van der Waals surface area (Å²) < 4.78 is 0. The minimum atomic E-state index is 0.329. The smallest absolute Gasteiger partial charge is 0.00724 e. The molecule has 0 aliphatic heterocycles. The summed E-state index contributed by atoms with van der Waals surface area (Å²) in [5.74, 6) is 0.611. The van der Waals surface area contributed by atoms with E-state index >= 15 is 0 Å². The lowest BCUT2D eigenvalue weighted by molar-refractivity contribution is 0.309. The monoisotopic (exact) mass is 186 g/mol. The molecule has 1 unspecified atom stereocenters. The van der Waals surface area contributed by atoms with Crippen LogP contribution in [0, 0.1) is 11.3 Å². The molecule has 0 fully saturated rings. The van der Waals surface area contributed by atoms with Crippen molar-refractivity contribution in [1.29, 1.82) is 0 Å². The van der Waals surface area contributed by atoms with Crippen LogP contribution >= 0.6 is 0 Å². The van der Waals surface area contributed by atoms with Gasteiger partial charge in [0.1, 0.15) is 0 Å². The van der Waals surface area contributed by atoms with Gasteiger partial charge in [0.05, 0.1) is 0 Å². The van der Waals surface area contributed by atoms with Crippen molar-refractivity contribution in [3.05, 3.63) is 42.0 Å². The lowest BCUT2D eigenvalue weighted by atomic mass is 9.77. The van der Waals surface area contributed by atoms with Gasteiger partial charge in [-0.2, -0.15) is 0 Å². The van der Waals surface area contributed by atoms with Crippen molar-refractivity contribution in [2.45, 2.75) is 27.2 Å². The summed E-state index contributed by atoms with van der Waals surface area (Å²) in [7, 11) is 0. The largest absolute Gasteiger partial charge is 0.0949 e. The predicted octanol–water partition coefficient (Wildman–Crippen LogP) is 3.92. The normalized spacial score (nSPS) is 21.1. The topological polar surface area (TPSA) is 0 Å². The van der Waals surface area contributed by atoms with Gasteiger partial charge in [0, 0.05) is 0 Å². The quantitative estimate of drug-likeness (QED) is 0.576. The molecule has 0 saturated carbocycles. The Bertz CT molecular complexity index is 366. The van der Waals surface area contributed by atoms with Crippen molar-refractivity contribution in [2.24, 2.45) is 11.3 Å². The molecule has 0 heteroatoms. The van der Waals surface area contributed by atoms with E-state index < -0.39 is 0 Å². The number of rotatable bonds is 0. The van der Waals surface area contributed by atoms with Crippen LogP contribution in [0.3, 0.4) is 0 Å². The fourth-order valence-electron chi connectivity index (χ4n) is 2.37. The Morgan fingerprint density at radius 3 is 2.43 bits per heavy atom. The van der Waals surface area contributed by atoms with Gasteiger partial charge in [-0.15, -0.1) is 0 Å². The molecular weight excluding hydrogens is 168 g/mol. The number of hydrogen-bond acceptors (Lipinski definition) is 0. The van der Waals surface area contributed by atoms with E-state index in [1.54, 1.807) is 0 Å². The van der Waals surface area contributed by atoms with Crippen molar-refractivity contribution < 1.29 is 0 Å². The molecule has 0 radical (unpaired) electrons. The third-order valence-corrected chi connectivity index (χ3v) is 3.25. The van der Waals surface area contributed by atoms with E-state index in [0.29, 0.717) is 11.3 Å². The summed E-state index contributed by atoms with van der Waals surface area (Å²) in [6, 6.07) is 8.65. The fraction of sp³-hybridized carbons (Fsp3) is 0.429. The lowest BCUT2D eigenvalue weighted by Gasteiger charge is -2.27. The van der Waals surface area contributed by atoms with E-state index in [2.05, 4.69) is 51.6 Å². The number of fused-ring (bicyclic) bond motifs is 1. The summed E-state index contributed by atoms with van der Waals surface area (Å²) in [5.41, 5.74) is 4.51. The summed E-state index contributed by atoms with van der Waals surface area (Å²) in [6.07, 6.45) is 1.17. The van der Waals surface area contributed by atoms with Crippen LogP contribution in [0.5, 0.6) is 0 Å². The highest BCUT2D eigenvalue weighted by molar-refractivity contribution is 5.73. The number of hydrogen-bond donors (Lipinski definition) is 0. The molecule has 0 saturated heterocycles. The van der Waals surface area contributed by atoms with Crippen LogP contribution in [0.1, 0.15) is 31.9 Å². The predicted molar refractivity (Wildman–Crippen MR) is 62.1 cm³/mol. The second-order valence-corrected chi connectivity index (χ2v) is 5.31. The van der Waals surface area contributed by atoms with E-state index in [9.17, 15) is 0 Å². The Morgan fingerprint density at radius 2 is 1.86 bits per heavy atom. The molecular formula is C14H18. The number of benzene rings is 1. The zero-order valence-electron chi connectivity index (χ0n) is 9.30.